The van der Waals surface area contributed by atoms with E-state index in [2.05, 4.69) is 0 Å². The summed E-state index contributed by atoms with van der Waals surface area (Å²) in [6.07, 6.45) is 6.31. The van der Waals surface area contributed by atoms with E-state index in [0.717, 1.165) is 24.2 Å². The first-order valence-corrected chi connectivity index (χ1v) is 4.89. The number of ketones is 1. The Morgan fingerprint density at radius 2 is 1.91 bits per heavy atom. The Morgan fingerprint density at radius 3 is 2.73 bits per heavy atom. The van der Waals surface area contributed by atoms with Gasteiger partial charge in [0.15, 0.2) is 0 Å². The smallest absolute Gasteiger partial charge is 0.136 e. The van der Waals surface area contributed by atoms with Gasteiger partial charge in [-0.1, -0.05) is 0 Å². The van der Waals surface area contributed by atoms with Crippen LogP contribution in [0.3, 0.4) is 0 Å². The average molecular weight is 150 g/mol. The molecule has 0 aliphatic heterocycles. The Kier molecular flexibility index (Phi) is 1.06. The number of hydrogen-bond donors (Lipinski definition) is 0. The second-order valence-electron chi connectivity index (χ2n) is 4.53. The van der Waals surface area contributed by atoms with Gasteiger partial charge in [-0.05, 0) is 43.4 Å². The Morgan fingerprint density at radius 1 is 1.09 bits per heavy atom. The van der Waals surface area contributed by atoms with Crippen LogP contribution in [0.5, 0.6) is 0 Å². The van der Waals surface area contributed by atoms with Crippen molar-refractivity contribution in [3.05, 3.63) is 0 Å². The van der Waals surface area contributed by atoms with Gasteiger partial charge in [0.25, 0.3) is 0 Å². The van der Waals surface area contributed by atoms with Crippen LogP contribution in [-0.4, -0.2) is 5.78 Å². The van der Waals surface area contributed by atoms with Crippen molar-refractivity contribution in [3.8, 4) is 0 Å². The third-order valence-electron chi connectivity index (χ3n) is 4.18. The van der Waals surface area contributed by atoms with Gasteiger partial charge in [-0.3, -0.25) is 4.79 Å². The minimum absolute atomic E-state index is 0.536. The molecule has 2 bridgehead atoms. The van der Waals surface area contributed by atoms with Crippen molar-refractivity contribution < 1.29 is 4.79 Å². The van der Waals surface area contributed by atoms with Crippen molar-refractivity contribution >= 4 is 5.78 Å². The molecule has 3 rings (SSSR count). The van der Waals surface area contributed by atoms with Gasteiger partial charge in [0, 0.05) is 12.3 Å². The van der Waals surface area contributed by atoms with Crippen molar-refractivity contribution in [3.63, 3.8) is 0 Å². The zero-order valence-corrected chi connectivity index (χ0v) is 6.75. The van der Waals surface area contributed by atoms with Crippen molar-refractivity contribution in [2.75, 3.05) is 0 Å². The molecule has 3 saturated carbocycles. The Labute approximate surface area is 67.2 Å². The van der Waals surface area contributed by atoms with Crippen LogP contribution in [0, 0.1) is 23.7 Å². The van der Waals surface area contributed by atoms with Crippen LogP contribution in [0.25, 0.3) is 0 Å². The zero-order valence-electron chi connectivity index (χ0n) is 6.75. The van der Waals surface area contributed by atoms with Crippen LogP contribution in [-0.2, 0) is 4.79 Å². The van der Waals surface area contributed by atoms with Crippen molar-refractivity contribution in [1.29, 1.82) is 0 Å². The van der Waals surface area contributed by atoms with Crippen molar-refractivity contribution in [1.82, 2.24) is 0 Å². The molecular weight excluding hydrogens is 136 g/mol. The molecule has 2 unspecified atom stereocenters. The minimum Gasteiger partial charge on any atom is -0.299 e. The van der Waals surface area contributed by atoms with E-state index in [4.69, 9.17) is 0 Å². The monoisotopic (exact) mass is 150 g/mol. The first kappa shape index (κ1) is 6.22. The maximum Gasteiger partial charge on any atom is 0.136 e. The summed E-state index contributed by atoms with van der Waals surface area (Å²) in [6, 6.07) is 0. The lowest BCUT2D eigenvalue weighted by molar-refractivity contribution is -0.122. The van der Waals surface area contributed by atoms with Crippen molar-refractivity contribution in [2.45, 2.75) is 32.1 Å². The van der Waals surface area contributed by atoms with Crippen LogP contribution in [0.4, 0.5) is 0 Å². The van der Waals surface area contributed by atoms with E-state index in [1.54, 1.807) is 0 Å². The molecule has 3 aliphatic carbocycles. The third-order valence-corrected chi connectivity index (χ3v) is 4.18. The van der Waals surface area contributed by atoms with Gasteiger partial charge in [-0.25, -0.2) is 0 Å². The van der Waals surface area contributed by atoms with Crippen LogP contribution in [0.15, 0.2) is 0 Å². The minimum atomic E-state index is 0.536. The normalized spacial score (nSPS) is 53.6. The summed E-state index contributed by atoms with van der Waals surface area (Å²) in [5.41, 5.74) is 0. The molecule has 0 heterocycles. The molecular formula is C10H14O. The van der Waals surface area contributed by atoms with Crippen LogP contribution >= 0.6 is 0 Å². The third kappa shape index (κ3) is 0.646. The number of hydrogen-bond acceptors (Lipinski definition) is 1. The van der Waals surface area contributed by atoms with E-state index in [1.165, 1.54) is 25.7 Å². The van der Waals surface area contributed by atoms with Gasteiger partial charge < -0.3 is 0 Å². The summed E-state index contributed by atoms with van der Waals surface area (Å²) in [5.74, 6) is 3.74. The number of fused-ring (bicyclic) bond motifs is 5. The van der Waals surface area contributed by atoms with Gasteiger partial charge in [-0.15, -0.1) is 0 Å². The molecule has 0 aromatic heterocycles. The molecule has 0 amide bonds. The number of rotatable bonds is 0. The van der Waals surface area contributed by atoms with Crippen LogP contribution in [0.1, 0.15) is 32.1 Å². The molecule has 0 saturated heterocycles. The molecule has 0 aromatic rings. The maximum absolute atomic E-state index is 11.4. The molecule has 0 N–H and O–H groups in total. The van der Waals surface area contributed by atoms with Crippen LogP contribution in [0.2, 0.25) is 0 Å². The van der Waals surface area contributed by atoms with E-state index in [1.807, 2.05) is 0 Å². The predicted molar refractivity (Wildman–Crippen MR) is 42.1 cm³/mol. The second-order valence-corrected chi connectivity index (χ2v) is 4.53. The molecule has 60 valence electrons. The first-order chi connectivity index (χ1) is 5.36. The number of Topliss-reactive ketones (excluding diaryl/α,β-unsaturated/α-hetero) is 1. The molecule has 3 aliphatic rings. The highest BCUT2D eigenvalue weighted by molar-refractivity contribution is 5.84. The maximum atomic E-state index is 11.4. The fourth-order valence-corrected chi connectivity index (χ4v) is 3.80. The molecule has 4 atom stereocenters. The number of carbonyl (C=O) groups excluding carboxylic acids is 1. The summed E-state index contributed by atoms with van der Waals surface area (Å²) in [5, 5.41) is 0. The molecule has 0 aromatic carbocycles. The molecule has 11 heavy (non-hydrogen) atoms. The Hall–Kier alpha value is -0.330. The Balaban J connectivity index is 1.97. The summed E-state index contributed by atoms with van der Waals surface area (Å²) < 4.78 is 0. The highest BCUT2D eigenvalue weighted by Crippen LogP contribution is 2.57. The lowest BCUT2D eigenvalue weighted by Gasteiger charge is -2.22. The highest BCUT2D eigenvalue weighted by Gasteiger charge is 2.52. The van der Waals surface area contributed by atoms with E-state index in [9.17, 15) is 4.79 Å². The predicted octanol–water partition coefficient (Wildman–Crippen LogP) is 2.01. The summed E-state index contributed by atoms with van der Waals surface area (Å²) in [7, 11) is 0. The quantitative estimate of drug-likeness (QED) is 0.516. The summed E-state index contributed by atoms with van der Waals surface area (Å²) >= 11 is 0. The van der Waals surface area contributed by atoms with Gasteiger partial charge in [0.2, 0.25) is 0 Å². The second kappa shape index (κ2) is 1.88. The lowest BCUT2D eigenvalue weighted by atomic mass is 9.81. The van der Waals surface area contributed by atoms with Gasteiger partial charge in [-0.2, -0.15) is 0 Å². The fraction of sp³-hybridized carbons (Fsp3) is 0.900. The standard InChI is InChI=1S/C10H14O/c11-9-4-3-8-6-1-2-7(5-6)10(8)9/h6-8,10H,1-5H2/t6?,7?,8-,10+/m1/s1. The van der Waals surface area contributed by atoms with Gasteiger partial charge in [0.1, 0.15) is 5.78 Å². The van der Waals surface area contributed by atoms with Crippen LogP contribution < -0.4 is 0 Å². The zero-order chi connectivity index (χ0) is 7.42. The Bertz CT molecular complexity index is 209. The summed E-state index contributed by atoms with van der Waals surface area (Å²) in [6.45, 7) is 0. The topological polar surface area (TPSA) is 17.1 Å². The van der Waals surface area contributed by atoms with Gasteiger partial charge >= 0.3 is 0 Å². The lowest BCUT2D eigenvalue weighted by Crippen LogP contribution is -2.21. The van der Waals surface area contributed by atoms with Gasteiger partial charge in [0.05, 0.1) is 0 Å². The van der Waals surface area contributed by atoms with Crippen molar-refractivity contribution in [2.24, 2.45) is 23.7 Å². The van der Waals surface area contributed by atoms with E-state index in [-0.39, 0.29) is 0 Å². The highest BCUT2D eigenvalue weighted by atomic mass is 16.1. The molecule has 0 radical (unpaired) electrons. The SMILES string of the molecule is O=C1CC[C@@H]2C3CCC(C3)[C@H]12. The molecule has 1 heteroatoms. The molecule has 0 spiro atoms. The molecule has 3 fully saturated rings. The first-order valence-electron chi connectivity index (χ1n) is 4.89. The number of carbonyl (C=O) groups is 1. The average Bonchev–Trinajstić information content (AvgIpc) is 2.60. The van der Waals surface area contributed by atoms with E-state index < -0.39 is 0 Å². The molecule has 1 nitrogen and oxygen atoms in total. The van der Waals surface area contributed by atoms with E-state index >= 15 is 0 Å². The summed E-state index contributed by atoms with van der Waals surface area (Å²) in [4.78, 5) is 11.4. The van der Waals surface area contributed by atoms with E-state index in [0.29, 0.717) is 11.7 Å². The largest absolute Gasteiger partial charge is 0.299 e. The fourth-order valence-electron chi connectivity index (χ4n) is 3.80.